The molecule has 4 aromatic rings. The summed E-state index contributed by atoms with van der Waals surface area (Å²) in [4.78, 5) is 46.5. The normalized spacial score (nSPS) is 23.0. The van der Waals surface area contributed by atoms with E-state index in [1.807, 2.05) is 84.6 Å². The van der Waals surface area contributed by atoms with Crippen molar-refractivity contribution in [2.75, 3.05) is 17.3 Å². The highest BCUT2D eigenvalue weighted by Gasteiger charge is 2.70. The SMILES string of the molecule is CCCc1ccc(C(=O)[C@@H]2[C@H](C(=O)c3ccc(OC)cc3)N3c4ccccc4C(C)=C[C@@H]3[C@@]23C(=O)Nc2ccccc23)cc1. The van der Waals surface area contributed by atoms with Crippen molar-refractivity contribution in [2.24, 2.45) is 5.92 Å². The summed E-state index contributed by atoms with van der Waals surface area (Å²) in [6.45, 7) is 4.15. The average molecular weight is 583 g/mol. The summed E-state index contributed by atoms with van der Waals surface area (Å²) >= 11 is 0. The van der Waals surface area contributed by atoms with E-state index in [9.17, 15) is 9.59 Å². The Labute approximate surface area is 257 Å². The Bertz CT molecular complexity index is 1820. The number of ether oxygens (including phenoxy) is 1. The summed E-state index contributed by atoms with van der Waals surface area (Å²) in [6, 6.07) is 28.7. The van der Waals surface area contributed by atoms with Gasteiger partial charge in [0.05, 0.1) is 19.1 Å². The first kappa shape index (κ1) is 27.8. The van der Waals surface area contributed by atoms with Crippen LogP contribution in [-0.2, 0) is 16.6 Å². The van der Waals surface area contributed by atoms with Crippen LogP contribution in [0.4, 0.5) is 11.4 Å². The number of nitrogens with one attached hydrogen (secondary N) is 1. The fourth-order valence-corrected chi connectivity index (χ4v) is 7.62. The lowest BCUT2D eigenvalue weighted by Crippen LogP contribution is -2.51. The number of benzene rings is 4. The fraction of sp³-hybridized carbons (Fsp3) is 0.237. The van der Waals surface area contributed by atoms with E-state index in [0.29, 0.717) is 22.6 Å². The number of rotatable bonds is 7. The Kier molecular flexibility index (Phi) is 6.73. The van der Waals surface area contributed by atoms with Crippen LogP contribution in [0.3, 0.4) is 0 Å². The number of carbonyl (C=O) groups excluding carboxylic acids is 3. The van der Waals surface area contributed by atoms with Crippen LogP contribution in [0.25, 0.3) is 5.57 Å². The number of amides is 1. The molecule has 1 amide bonds. The molecule has 0 radical (unpaired) electrons. The zero-order valence-electron chi connectivity index (χ0n) is 25.0. The number of aryl methyl sites for hydroxylation is 1. The Hall–Kier alpha value is -4.97. The number of hydrogen-bond donors (Lipinski definition) is 1. The van der Waals surface area contributed by atoms with Crippen molar-refractivity contribution >= 4 is 34.4 Å². The van der Waals surface area contributed by atoms with Gasteiger partial charge in [-0.1, -0.05) is 80.1 Å². The first-order chi connectivity index (χ1) is 21.4. The summed E-state index contributed by atoms with van der Waals surface area (Å²) in [7, 11) is 1.58. The van der Waals surface area contributed by atoms with Gasteiger partial charge in [0.15, 0.2) is 11.6 Å². The maximum absolute atomic E-state index is 15.0. The number of methoxy groups -OCH3 is 1. The number of ketones is 2. The molecule has 6 heteroatoms. The number of Topliss-reactive ketones (excluding diaryl/α,β-unsaturated/α-hetero) is 2. The third-order valence-electron chi connectivity index (χ3n) is 9.59. The standard InChI is InChI=1S/C38H34N2O4/c1-4-9-24-14-16-25(17-15-24)35(41)33-34(36(42)26-18-20-27(44-3)21-19-26)40-31-13-8-5-10-28(31)23(2)22-32(40)38(33)29-11-6-7-12-30(29)39-37(38)43/h5-8,10-22,32-34H,4,9H2,1-3H3,(H,39,43)/t32-,33+,34-,38-/m1/s1. The molecule has 220 valence electrons. The van der Waals surface area contributed by atoms with Gasteiger partial charge >= 0.3 is 0 Å². The highest BCUT2D eigenvalue weighted by molar-refractivity contribution is 6.18. The summed E-state index contributed by atoms with van der Waals surface area (Å²) in [5.41, 5.74) is 5.01. The van der Waals surface area contributed by atoms with Crippen molar-refractivity contribution < 1.29 is 19.1 Å². The zero-order chi connectivity index (χ0) is 30.6. The quantitative estimate of drug-likeness (QED) is 0.240. The van der Waals surface area contributed by atoms with E-state index in [0.717, 1.165) is 40.8 Å². The van der Waals surface area contributed by atoms with Gasteiger partial charge in [0.2, 0.25) is 5.91 Å². The topological polar surface area (TPSA) is 75.7 Å². The maximum atomic E-state index is 15.0. The molecule has 3 aliphatic rings. The Balaban J connectivity index is 1.50. The van der Waals surface area contributed by atoms with Crippen molar-refractivity contribution in [2.45, 2.75) is 44.2 Å². The first-order valence-electron chi connectivity index (χ1n) is 15.2. The van der Waals surface area contributed by atoms with Gasteiger partial charge in [-0.2, -0.15) is 0 Å². The minimum absolute atomic E-state index is 0.213. The Morgan fingerprint density at radius 1 is 0.864 bits per heavy atom. The van der Waals surface area contributed by atoms with Gasteiger partial charge in [0.25, 0.3) is 0 Å². The molecule has 1 saturated heterocycles. The molecule has 1 fully saturated rings. The number of hydrogen-bond acceptors (Lipinski definition) is 5. The van der Waals surface area contributed by atoms with Crippen molar-refractivity contribution in [1.29, 1.82) is 0 Å². The molecular formula is C38H34N2O4. The molecule has 0 aliphatic carbocycles. The molecule has 4 atom stereocenters. The number of allylic oxidation sites excluding steroid dienone is 1. The van der Waals surface area contributed by atoms with E-state index in [1.165, 1.54) is 0 Å². The minimum atomic E-state index is -1.34. The number of para-hydroxylation sites is 2. The molecule has 1 N–H and O–H groups in total. The molecule has 1 spiro atoms. The van der Waals surface area contributed by atoms with E-state index in [2.05, 4.69) is 18.3 Å². The van der Waals surface area contributed by atoms with Crippen LogP contribution in [0.15, 0.2) is 103 Å². The van der Waals surface area contributed by atoms with Gasteiger partial charge in [0, 0.05) is 28.1 Å². The summed E-state index contributed by atoms with van der Waals surface area (Å²) < 4.78 is 5.36. The van der Waals surface area contributed by atoms with E-state index in [-0.39, 0.29) is 17.5 Å². The van der Waals surface area contributed by atoms with Gasteiger partial charge < -0.3 is 15.0 Å². The molecule has 0 saturated carbocycles. The van der Waals surface area contributed by atoms with Crippen molar-refractivity contribution in [3.63, 3.8) is 0 Å². The number of anilines is 2. The van der Waals surface area contributed by atoms with Gasteiger partial charge in [0.1, 0.15) is 17.2 Å². The smallest absolute Gasteiger partial charge is 0.238 e. The molecule has 44 heavy (non-hydrogen) atoms. The fourth-order valence-electron chi connectivity index (χ4n) is 7.62. The molecular weight excluding hydrogens is 548 g/mol. The lowest BCUT2D eigenvalue weighted by molar-refractivity contribution is -0.121. The van der Waals surface area contributed by atoms with Gasteiger partial charge in [-0.3, -0.25) is 14.4 Å². The van der Waals surface area contributed by atoms with Crippen molar-refractivity contribution in [3.05, 3.63) is 131 Å². The first-order valence-corrected chi connectivity index (χ1v) is 15.2. The Morgan fingerprint density at radius 3 is 2.25 bits per heavy atom. The predicted octanol–water partition coefficient (Wildman–Crippen LogP) is 6.89. The number of nitrogens with zero attached hydrogens (tertiary/aromatic N) is 1. The highest BCUT2D eigenvalue weighted by Crippen LogP contribution is 2.58. The van der Waals surface area contributed by atoms with Crippen LogP contribution in [0.1, 0.15) is 57.7 Å². The molecule has 6 nitrogen and oxygen atoms in total. The van der Waals surface area contributed by atoms with E-state index in [1.54, 1.807) is 31.4 Å². The van der Waals surface area contributed by atoms with Crippen LogP contribution < -0.4 is 15.0 Å². The molecule has 0 aromatic heterocycles. The van der Waals surface area contributed by atoms with Crippen LogP contribution >= 0.6 is 0 Å². The maximum Gasteiger partial charge on any atom is 0.238 e. The number of fused-ring (bicyclic) bond motifs is 6. The van der Waals surface area contributed by atoms with E-state index in [4.69, 9.17) is 4.74 Å². The van der Waals surface area contributed by atoms with Crippen molar-refractivity contribution in [3.8, 4) is 5.75 Å². The Morgan fingerprint density at radius 2 is 1.52 bits per heavy atom. The largest absolute Gasteiger partial charge is 0.497 e. The second kappa shape index (κ2) is 10.6. The molecule has 0 unspecified atom stereocenters. The second-order valence-electron chi connectivity index (χ2n) is 11.9. The van der Waals surface area contributed by atoms with Gasteiger partial charge in [-0.15, -0.1) is 0 Å². The third-order valence-corrected chi connectivity index (χ3v) is 9.59. The molecule has 3 aliphatic heterocycles. The summed E-state index contributed by atoms with van der Waals surface area (Å²) in [6.07, 6.45) is 3.99. The predicted molar refractivity (Wildman–Crippen MR) is 172 cm³/mol. The number of carbonyl (C=O) groups is 3. The van der Waals surface area contributed by atoms with Crippen molar-refractivity contribution in [1.82, 2.24) is 0 Å². The molecule has 0 bridgehead atoms. The monoisotopic (exact) mass is 582 g/mol. The van der Waals surface area contributed by atoms with E-state index < -0.39 is 23.4 Å². The van der Waals surface area contributed by atoms with Gasteiger partial charge in [-0.05, 0) is 66.4 Å². The van der Waals surface area contributed by atoms with Gasteiger partial charge in [-0.25, -0.2) is 0 Å². The molecule has 3 heterocycles. The van der Waals surface area contributed by atoms with Crippen LogP contribution in [-0.4, -0.2) is 36.7 Å². The highest BCUT2D eigenvalue weighted by atomic mass is 16.5. The van der Waals surface area contributed by atoms with Crippen LogP contribution in [0, 0.1) is 5.92 Å². The average Bonchev–Trinajstić information content (AvgIpc) is 3.53. The minimum Gasteiger partial charge on any atom is -0.497 e. The summed E-state index contributed by atoms with van der Waals surface area (Å²) in [5.74, 6) is -1.06. The molecule has 4 aromatic carbocycles. The molecule has 7 rings (SSSR count). The second-order valence-corrected chi connectivity index (χ2v) is 11.9. The van der Waals surface area contributed by atoms with Crippen LogP contribution in [0.2, 0.25) is 0 Å². The third kappa shape index (κ3) is 3.97. The van der Waals surface area contributed by atoms with E-state index >= 15 is 4.79 Å². The lowest BCUT2D eigenvalue weighted by atomic mass is 9.64. The summed E-state index contributed by atoms with van der Waals surface area (Å²) in [5, 5.41) is 3.10. The zero-order valence-corrected chi connectivity index (χ0v) is 25.0. The lowest BCUT2D eigenvalue weighted by Gasteiger charge is -2.39. The van der Waals surface area contributed by atoms with Crippen LogP contribution in [0.5, 0.6) is 5.75 Å².